The summed E-state index contributed by atoms with van der Waals surface area (Å²) in [6.45, 7) is 14.6. The number of rotatable bonds is 7. The Kier molecular flexibility index (Phi) is 5.62. The van der Waals surface area contributed by atoms with E-state index in [0.29, 0.717) is 24.7 Å². The Labute approximate surface area is 141 Å². The standard InChI is InChI=1S/C18H34N2O3/c1-7-22-15-12-14(18(15,5)6)19-10-11-20(13-8-9-13)16(21)23-17(2,3)4/h13-15,19H,7-12H2,1-6H3. The van der Waals surface area contributed by atoms with Gasteiger partial charge in [0.1, 0.15) is 5.60 Å². The second-order valence-corrected chi connectivity index (χ2v) is 8.41. The fourth-order valence-corrected chi connectivity index (χ4v) is 3.20. The lowest BCUT2D eigenvalue weighted by molar-refractivity contribution is -0.114. The van der Waals surface area contributed by atoms with Crippen LogP contribution in [0.15, 0.2) is 0 Å². The van der Waals surface area contributed by atoms with Gasteiger partial charge in [0, 0.05) is 37.2 Å². The Morgan fingerprint density at radius 2 is 1.96 bits per heavy atom. The zero-order chi connectivity index (χ0) is 17.3. The summed E-state index contributed by atoms with van der Waals surface area (Å²) in [7, 11) is 0. The van der Waals surface area contributed by atoms with E-state index in [1.165, 1.54) is 0 Å². The minimum absolute atomic E-state index is 0.159. The third kappa shape index (κ3) is 4.83. The molecule has 2 rings (SSSR count). The zero-order valence-electron chi connectivity index (χ0n) is 15.6. The van der Waals surface area contributed by atoms with Gasteiger partial charge in [-0.05, 0) is 47.0 Å². The molecule has 23 heavy (non-hydrogen) atoms. The van der Waals surface area contributed by atoms with E-state index in [0.717, 1.165) is 32.4 Å². The van der Waals surface area contributed by atoms with E-state index >= 15 is 0 Å². The van der Waals surface area contributed by atoms with Crippen LogP contribution in [0.3, 0.4) is 0 Å². The van der Waals surface area contributed by atoms with Crippen LogP contribution < -0.4 is 5.32 Å². The van der Waals surface area contributed by atoms with Crippen molar-refractivity contribution < 1.29 is 14.3 Å². The van der Waals surface area contributed by atoms with Crippen molar-refractivity contribution in [1.82, 2.24) is 10.2 Å². The average molecular weight is 326 g/mol. The molecular weight excluding hydrogens is 292 g/mol. The minimum Gasteiger partial charge on any atom is -0.444 e. The molecule has 0 aliphatic heterocycles. The average Bonchev–Trinajstić information content (AvgIpc) is 3.23. The number of nitrogens with zero attached hydrogens (tertiary/aromatic N) is 1. The van der Waals surface area contributed by atoms with Gasteiger partial charge in [-0.3, -0.25) is 0 Å². The molecule has 0 spiro atoms. The monoisotopic (exact) mass is 326 g/mol. The van der Waals surface area contributed by atoms with Crippen molar-refractivity contribution in [2.75, 3.05) is 19.7 Å². The number of ether oxygens (including phenoxy) is 2. The van der Waals surface area contributed by atoms with E-state index in [1.54, 1.807) is 0 Å². The van der Waals surface area contributed by atoms with Crippen LogP contribution in [0.25, 0.3) is 0 Å². The van der Waals surface area contributed by atoms with E-state index in [4.69, 9.17) is 9.47 Å². The molecule has 2 aliphatic carbocycles. The van der Waals surface area contributed by atoms with Gasteiger partial charge in [-0.25, -0.2) is 4.79 Å². The number of hydrogen-bond donors (Lipinski definition) is 1. The molecule has 2 atom stereocenters. The molecule has 2 saturated carbocycles. The molecule has 2 aliphatic rings. The summed E-state index contributed by atoms with van der Waals surface area (Å²) in [6, 6.07) is 0.830. The Bertz CT molecular complexity index is 413. The first-order valence-corrected chi connectivity index (χ1v) is 8.99. The van der Waals surface area contributed by atoms with E-state index in [2.05, 4.69) is 19.2 Å². The molecular formula is C18H34N2O3. The molecule has 0 aromatic rings. The van der Waals surface area contributed by atoms with E-state index in [-0.39, 0.29) is 11.5 Å². The second kappa shape index (κ2) is 6.98. The molecule has 0 saturated heterocycles. The molecule has 5 heteroatoms. The third-order valence-electron chi connectivity index (χ3n) is 4.90. The SMILES string of the molecule is CCOC1CC(NCCN(C(=O)OC(C)(C)C)C2CC2)C1(C)C. The molecule has 0 heterocycles. The third-order valence-corrected chi connectivity index (χ3v) is 4.90. The number of carbonyl (C=O) groups excluding carboxylic acids is 1. The lowest BCUT2D eigenvalue weighted by Crippen LogP contribution is -2.61. The van der Waals surface area contributed by atoms with Crippen LogP contribution in [0.5, 0.6) is 0 Å². The highest BCUT2D eigenvalue weighted by Crippen LogP contribution is 2.42. The van der Waals surface area contributed by atoms with Gasteiger partial charge in [0.05, 0.1) is 6.10 Å². The fourth-order valence-electron chi connectivity index (χ4n) is 3.20. The lowest BCUT2D eigenvalue weighted by atomic mass is 9.64. The van der Waals surface area contributed by atoms with Crippen molar-refractivity contribution in [3.05, 3.63) is 0 Å². The van der Waals surface area contributed by atoms with Crippen LogP contribution >= 0.6 is 0 Å². The minimum atomic E-state index is -0.432. The normalized spacial score (nSPS) is 26.5. The molecule has 1 N–H and O–H groups in total. The van der Waals surface area contributed by atoms with Crippen molar-refractivity contribution in [2.24, 2.45) is 5.41 Å². The summed E-state index contributed by atoms with van der Waals surface area (Å²) in [5.41, 5.74) is -0.273. The lowest BCUT2D eigenvalue weighted by Gasteiger charge is -2.52. The van der Waals surface area contributed by atoms with E-state index < -0.39 is 5.60 Å². The van der Waals surface area contributed by atoms with Gasteiger partial charge in [0.25, 0.3) is 0 Å². The van der Waals surface area contributed by atoms with Crippen LogP contribution in [-0.4, -0.2) is 54.5 Å². The van der Waals surface area contributed by atoms with Gasteiger partial charge in [-0.1, -0.05) is 13.8 Å². The Morgan fingerprint density at radius 1 is 1.30 bits per heavy atom. The summed E-state index contributed by atoms with van der Waals surface area (Å²) < 4.78 is 11.3. The van der Waals surface area contributed by atoms with Gasteiger partial charge < -0.3 is 19.7 Å². The van der Waals surface area contributed by atoms with Crippen LogP contribution in [0.2, 0.25) is 0 Å². The number of amides is 1. The van der Waals surface area contributed by atoms with Crippen LogP contribution in [0, 0.1) is 5.41 Å². The summed E-state index contributed by atoms with van der Waals surface area (Å²) in [4.78, 5) is 14.2. The van der Waals surface area contributed by atoms with Crippen molar-refractivity contribution in [1.29, 1.82) is 0 Å². The summed E-state index contributed by atoms with van der Waals surface area (Å²) in [5.74, 6) is 0. The maximum absolute atomic E-state index is 12.3. The van der Waals surface area contributed by atoms with Gasteiger partial charge in [0.2, 0.25) is 0 Å². The predicted octanol–water partition coefficient (Wildman–Crippen LogP) is 3.18. The highest BCUT2D eigenvalue weighted by Gasteiger charge is 2.48. The molecule has 2 unspecified atom stereocenters. The summed E-state index contributed by atoms with van der Waals surface area (Å²) >= 11 is 0. The van der Waals surface area contributed by atoms with Crippen molar-refractivity contribution in [2.45, 2.75) is 84.6 Å². The Hall–Kier alpha value is -0.810. The quantitative estimate of drug-likeness (QED) is 0.781. The smallest absolute Gasteiger partial charge is 0.410 e. The Balaban J connectivity index is 1.76. The van der Waals surface area contributed by atoms with Gasteiger partial charge in [0.15, 0.2) is 0 Å². The zero-order valence-corrected chi connectivity index (χ0v) is 15.6. The maximum Gasteiger partial charge on any atom is 0.410 e. The summed E-state index contributed by atoms with van der Waals surface area (Å²) in [6.07, 6.45) is 3.41. The van der Waals surface area contributed by atoms with Crippen LogP contribution in [0.1, 0.15) is 60.8 Å². The summed E-state index contributed by atoms with van der Waals surface area (Å²) in [5, 5.41) is 3.60. The Morgan fingerprint density at radius 3 is 2.43 bits per heavy atom. The first-order chi connectivity index (χ1) is 10.6. The number of hydrogen-bond acceptors (Lipinski definition) is 4. The predicted molar refractivity (Wildman–Crippen MR) is 91.6 cm³/mol. The molecule has 5 nitrogen and oxygen atoms in total. The topological polar surface area (TPSA) is 50.8 Å². The van der Waals surface area contributed by atoms with Crippen LogP contribution in [0.4, 0.5) is 4.79 Å². The molecule has 1 amide bonds. The van der Waals surface area contributed by atoms with Crippen LogP contribution in [-0.2, 0) is 9.47 Å². The molecule has 0 radical (unpaired) electrons. The molecule has 0 aromatic carbocycles. The molecule has 2 fully saturated rings. The number of carbonyl (C=O) groups is 1. The molecule has 0 bridgehead atoms. The number of nitrogens with one attached hydrogen (secondary N) is 1. The van der Waals surface area contributed by atoms with E-state index in [1.807, 2.05) is 32.6 Å². The van der Waals surface area contributed by atoms with Gasteiger partial charge in [-0.2, -0.15) is 0 Å². The largest absolute Gasteiger partial charge is 0.444 e. The first kappa shape index (κ1) is 18.5. The van der Waals surface area contributed by atoms with Crippen molar-refractivity contribution >= 4 is 6.09 Å². The molecule has 0 aromatic heterocycles. The second-order valence-electron chi connectivity index (χ2n) is 8.41. The highest BCUT2D eigenvalue weighted by molar-refractivity contribution is 5.69. The van der Waals surface area contributed by atoms with Gasteiger partial charge in [-0.15, -0.1) is 0 Å². The van der Waals surface area contributed by atoms with Crippen molar-refractivity contribution in [3.8, 4) is 0 Å². The molecule has 134 valence electrons. The van der Waals surface area contributed by atoms with Gasteiger partial charge >= 0.3 is 6.09 Å². The highest BCUT2D eigenvalue weighted by atomic mass is 16.6. The first-order valence-electron chi connectivity index (χ1n) is 8.99. The fraction of sp³-hybridized carbons (Fsp3) is 0.944. The van der Waals surface area contributed by atoms with E-state index in [9.17, 15) is 4.79 Å². The maximum atomic E-state index is 12.3. The van der Waals surface area contributed by atoms with Crippen molar-refractivity contribution in [3.63, 3.8) is 0 Å².